The lowest BCUT2D eigenvalue weighted by Gasteiger charge is -2.07. The van der Waals surface area contributed by atoms with Crippen LogP contribution in [-0.2, 0) is 11.2 Å². The Labute approximate surface area is 116 Å². The average molecular weight is 276 g/mol. The van der Waals surface area contributed by atoms with Gasteiger partial charge in [-0.3, -0.25) is 10.1 Å². The molecule has 0 aliphatic heterocycles. The highest BCUT2D eigenvalue weighted by Crippen LogP contribution is 2.12. The fourth-order valence-corrected chi connectivity index (χ4v) is 2.26. The van der Waals surface area contributed by atoms with Gasteiger partial charge in [-0.25, -0.2) is 15.0 Å². The number of rotatable bonds is 3. The first-order chi connectivity index (χ1) is 8.95. The minimum atomic E-state index is -0.145. The van der Waals surface area contributed by atoms with E-state index in [0.717, 1.165) is 27.7 Å². The second-order valence-electron chi connectivity index (χ2n) is 4.43. The lowest BCUT2D eigenvalue weighted by molar-refractivity contribution is -0.115. The Bertz CT molecular complexity index is 598. The van der Waals surface area contributed by atoms with Crippen LogP contribution < -0.4 is 5.32 Å². The molecule has 100 valence electrons. The second kappa shape index (κ2) is 5.44. The molecule has 0 aliphatic rings. The SMILES string of the molecule is Cc1nc(CC(=O)Nc2nc(C)c(C)c(C)n2)cs1. The lowest BCUT2D eigenvalue weighted by Crippen LogP contribution is -2.17. The van der Waals surface area contributed by atoms with Gasteiger partial charge in [0.1, 0.15) is 0 Å². The van der Waals surface area contributed by atoms with Crippen molar-refractivity contribution < 1.29 is 4.79 Å². The Kier molecular flexibility index (Phi) is 3.90. The third-order valence-corrected chi connectivity index (χ3v) is 3.71. The van der Waals surface area contributed by atoms with Crippen LogP contribution in [0.2, 0.25) is 0 Å². The number of amides is 1. The fourth-order valence-electron chi connectivity index (χ4n) is 1.65. The molecule has 1 N–H and O–H groups in total. The zero-order chi connectivity index (χ0) is 14.0. The zero-order valence-electron chi connectivity index (χ0n) is 11.4. The number of anilines is 1. The van der Waals surface area contributed by atoms with Gasteiger partial charge >= 0.3 is 0 Å². The highest BCUT2D eigenvalue weighted by atomic mass is 32.1. The molecule has 0 unspecified atom stereocenters. The summed E-state index contributed by atoms with van der Waals surface area (Å²) >= 11 is 1.54. The second-order valence-corrected chi connectivity index (χ2v) is 5.49. The molecule has 19 heavy (non-hydrogen) atoms. The van der Waals surface area contributed by atoms with Gasteiger partial charge in [0.05, 0.1) is 17.1 Å². The van der Waals surface area contributed by atoms with E-state index in [4.69, 9.17) is 0 Å². The topological polar surface area (TPSA) is 67.8 Å². The normalized spacial score (nSPS) is 10.5. The number of aryl methyl sites for hydroxylation is 3. The van der Waals surface area contributed by atoms with Crippen LogP contribution in [0.5, 0.6) is 0 Å². The molecule has 0 aromatic carbocycles. The first-order valence-electron chi connectivity index (χ1n) is 5.98. The highest BCUT2D eigenvalue weighted by Gasteiger charge is 2.10. The largest absolute Gasteiger partial charge is 0.294 e. The average Bonchev–Trinajstić information content (AvgIpc) is 2.71. The van der Waals surface area contributed by atoms with E-state index >= 15 is 0 Å². The third-order valence-electron chi connectivity index (χ3n) is 2.89. The number of thiazole rings is 1. The number of nitrogens with zero attached hydrogens (tertiary/aromatic N) is 3. The van der Waals surface area contributed by atoms with Gasteiger partial charge in [-0.05, 0) is 33.3 Å². The van der Waals surface area contributed by atoms with Crippen LogP contribution in [0.15, 0.2) is 5.38 Å². The minimum Gasteiger partial charge on any atom is -0.294 e. The van der Waals surface area contributed by atoms with Crippen LogP contribution in [0.25, 0.3) is 0 Å². The molecule has 2 rings (SSSR count). The van der Waals surface area contributed by atoms with Crippen molar-refractivity contribution in [2.75, 3.05) is 5.32 Å². The van der Waals surface area contributed by atoms with Gasteiger partial charge in [-0.1, -0.05) is 0 Å². The Hall–Kier alpha value is -1.82. The van der Waals surface area contributed by atoms with Crippen molar-refractivity contribution in [3.63, 3.8) is 0 Å². The van der Waals surface area contributed by atoms with Crippen LogP contribution in [0, 0.1) is 27.7 Å². The van der Waals surface area contributed by atoms with E-state index in [1.165, 1.54) is 11.3 Å². The van der Waals surface area contributed by atoms with Gasteiger partial charge in [0.25, 0.3) is 0 Å². The predicted molar refractivity (Wildman–Crippen MR) is 75.4 cm³/mol. The maximum absolute atomic E-state index is 11.9. The molecular weight excluding hydrogens is 260 g/mol. The standard InChI is InChI=1S/C13H16N4OS/c1-7-8(2)14-13(15-9(7)3)17-12(18)5-11-6-19-10(4)16-11/h6H,5H2,1-4H3,(H,14,15,17,18). The van der Waals surface area contributed by atoms with Crippen molar-refractivity contribution >= 4 is 23.2 Å². The molecule has 0 bridgehead atoms. The van der Waals surface area contributed by atoms with E-state index in [1.54, 1.807) is 0 Å². The number of nitrogens with one attached hydrogen (secondary N) is 1. The molecule has 1 amide bonds. The minimum absolute atomic E-state index is 0.145. The van der Waals surface area contributed by atoms with E-state index < -0.39 is 0 Å². The quantitative estimate of drug-likeness (QED) is 0.934. The summed E-state index contributed by atoms with van der Waals surface area (Å²) in [6.45, 7) is 7.70. The molecule has 0 fully saturated rings. The monoisotopic (exact) mass is 276 g/mol. The predicted octanol–water partition coefficient (Wildman–Crippen LogP) is 2.35. The summed E-state index contributed by atoms with van der Waals surface area (Å²) in [4.78, 5) is 24.6. The Morgan fingerprint density at radius 1 is 1.16 bits per heavy atom. The number of hydrogen-bond donors (Lipinski definition) is 1. The van der Waals surface area contributed by atoms with Crippen LogP contribution in [0.4, 0.5) is 5.95 Å². The summed E-state index contributed by atoms with van der Waals surface area (Å²) in [7, 11) is 0. The van der Waals surface area contributed by atoms with Gasteiger partial charge in [-0.15, -0.1) is 11.3 Å². The number of carbonyl (C=O) groups is 1. The van der Waals surface area contributed by atoms with Gasteiger partial charge in [0.2, 0.25) is 11.9 Å². The van der Waals surface area contributed by atoms with Crippen molar-refractivity contribution in [1.29, 1.82) is 0 Å². The summed E-state index contributed by atoms with van der Waals surface area (Å²) in [5.41, 5.74) is 3.59. The van der Waals surface area contributed by atoms with Crippen molar-refractivity contribution in [3.05, 3.63) is 33.0 Å². The Balaban J connectivity index is 2.07. The molecule has 2 aromatic heterocycles. The van der Waals surface area contributed by atoms with E-state index in [-0.39, 0.29) is 12.3 Å². The fraction of sp³-hybridized carbons (Fsp3) is 0.385. The number of aromatic nitrogens is 3. The molecule has 0 atom stereocenters. The molecule has 0 saturated carbocycles. The maximum atomic E-state index is 11.9. The van der Waals surface area contributed by atoms with Crippen LogP contribution in [0.1, 0.15) is 27.7 Å². The van der Waals surface area contributed by atoms with Gasteiger partial charge in [-0.2, -0.15) is 0 Å². The first kappa shape index (κ1) is 13.6. The zero-order valence-corrected chi connectivity index (χ0v) is 12.3. The van der Waals surface area contributed by atoms with E-state index in [9.17, 15) is 4.79 Å². The summed E-state index contributed by atoms with van der Waals surface area (Å²) in [5.74, 6) is 0.213. The molecule has 0 aliphatic carbocycles. The third kappa shape index (κ3) is 3.35. The maximum Gasteiger partial charge on any atom is 0.232 e. The number of carbonyl (C=O) groups excluding carboxylic acids is 1. The molecule has 2 aromatic rings. The molecule has 5 nitrogen and oxygen atoms in total. The first-order valence-corrected chi connectivity index (χ1v) is 6.86. The summed E-state index contributed by atoms with van der Waals surface area (Å²) in [6.07, 6.45) is 0.250. The molecular formula is C13H16N4OS. The van der Waals surface area contributed by atoms with Crippen molar-refractivity contribution in [2.45, 2.75) is 34.1 Å². The Morgan fingerprint density at radius 2 is 1.79 bits per heavy atom. The number of hydrogen-bond acceptors (Lipinski definition) is 5. The smallest absolute Gasteiger partial charge is 0.232 e. The molecule has 0 radical (unpaired) electrons. The van der Waals surface area contributed by atoms with Crippen LogP contribution in [-0.4, -0.2) is 20.9 Å². The molecule has 0 spiro atoms. The van der Waals surface area contributed by atoms with E-state index in [0.29, 0.717) is 5.95 Å². The van der Waals surface area contributed by atoms with Crippen molar-refractivity contribution in [3.8, 4) is 0 Å². The van der Waals surface area contributed by atoms with Crippen molar-refractivity contribution in [2.24, 2.45) is 0 Å². The van der Waals surface area contributed by atoms with Gasteiger partial charge in [0.15, 0.2) is 0 Å². The molecule has 6 heteroatoms. The summed E-state index contributed by atoms with van der Waals surface area (Å²) in [6, 6.07) is 0. The van der Waals surface area contributed by atoms with Crippen LogP contribution in [0.3, 0.4) is 0 Å². The lowest BCUT2D eigenvalue weighted by atomic mass is 10.2. The summed E-state index contributed by atoms with van der Waals surface area (Å²) in [5, 5.41) is 5.56. The van der Waals surface area contributed by atoms with E-state index in [1.807, 2.05) is 33.1 Å². The van der Waals surface area contributed by atoms with Crippen molar-refractivity contribution in [1.82, 2.24) is 15.0 Å². The highest BCUT2D eigenvalue weighted by molar-refractivity contribution is 7.09. The van der Waals surface area contributed by atoms with Gasteiger partial charge < -0.3 is 0 Å². The van der Waals surface area contributed by atoms with E-state index in [2.05, 4.69) is 20.3 Å². The molecule has 0 saturated heterocycles. The van der Waals surface area contributed by atoms with Crippen LogP contribution >= 0.6 is 11.3 Å². The van der Waals surface area contributed by atoms with Gasteiger partial charge in [0, 0.05) is 16.8 Å². The Morgan fingerprint density at radius 3 is 2.32 bits per heavy atom. The summed E-state index contributed by atoms with van der Waals surface area (Å²) < 4.78 is 0. The molecule has 2 heterocycles.